The second-order valence-corrected chi connectivity index (χ2v) is 6.72. The number of hydrogen-bond acceptors (Lipinski definition) is 5. The minimum absolute atomic E-state index is 0.0606. The lowest BCUT2D eigenvalue weighted by Gasteiger charge is -2.23. The molecule has 1 aliphatic heterocycles. The van der Waals surface area contributed by atoms with Crippen LogP contribution in [0, 0.1) is 0 Å². The van der Waals surface area contributed by atoms with E-state index in [9.17, 15) is 8.42 Å². The summed E-state index contributed by atoms with van der Waals surface area (Å²) in [7, 11) is 1.28. The van der Waals surface area contributed by atoms with Gasteiger partial charge in [0.1, 0.15) is 11.6 Å². The van der Waals surface area contributed by atoms with Crippen LogP contribution >= 0.6 is 10.7 Å². The zero-order valence-corrected chi connectivity index (χ0v) is 11.3. The number of para-hydroxylation sites is 1. The summed E-state index contributed by atoms with van der Waals surface area (Å²) in [5.41, 5.74) is 1.06. The van der Waals surface area contributed by atoms with Gasteiger partial charge >= 0.3 is 0 Å². The molecule has 19 heavy (non-hydrogen) atoms. The standard InChI is InChI=1S/C11H10ClN3O3S/c12-19(16,17)11-13-10(14-15-11)8-5-7-3-1-2-4-9(7)18-6-8/h1-4,8H,5-6H2,(H,13,14,15). The van der Waals surface area contributed by atoms with E-state index in [4.69, 9.17) is 15.4 Å². The van der Waals surface area contributed by atoms with Crippen molar-refractivity contribution in [1.29, 1.82) is 0 Å². The van der Waals surface area contributed by atoms with Crippen LogP contribution in [0.3, 0.4) is 0 Å². The van der Waals surface area contributed by atoms with Crippen LogP contribution in [0.2, 0.25) is 0 Å². The Morgan fingerprint density at radius 2 is 2.16 bits per heavy atom. The molecule has 0 saturated carbocycles. The highest BCUT2D eigenvalue weighted by Gasteiger charge is 2.26. The lowest BCUT2D eigenvalue weighted by Crippen LogP contribution is -2.20. The molecule has 1 aliphatic rings. The number of nitrogens with one attached hydrogen (secondary N) is 1. The highest BCUT2D eigenvalue weighted by Crippen LogP contribution is 2.31. The largest absolute Gasteiger partial charge is 0.493 e. The average molecular weight is 300 g/mol. The summed E-state index contributed by atoms with van der Waals surface area (Å²) >= 11 is 0. The molecule has 0 radical (unpaired) electrons. The van der Waals surface area contributed by atoms with Gasteiger partial charge in [0.2, 0.25) is 0 Å². The summed E-state index contributed by atoms with van der Waals surface area (Å²) in [5.74, 6) is 1.26. The van der Waals surface area contributed by atoms with Crippen LogP contribution < -0.4 is 4.74 Å². The quantitative estimate of drug-likeness (QED) is 0.848. The van der Waals surface area contributed by atoms with Gasteiger partial charge < -0.3 is 4.74 Å². The molecule has 100 valence electrons. The second-order valence-electron chi connectivity index (χ2n) is 4.26. The minimum atomic E-state index is -3.90. The average Bonchev–Trinajstić information content (AvgIpc) is 2.87. The fourth-order valence-electron chi connectivity index (χ4n) is 2.05. The van der Waals surface area contributed by atoms with E-state index in [1.807, 2.05) is 24.3 Å². The summed E-state index contributed by atoms with van der Waals surface area (Å²) < 4.78 is 27.8. The molecule has 0 saturated heterocycles. The fourth-order valence-corrected chi connectivity index (χ4v) is 2.62. The number of aromatic amines is 1. The molecule has 0 spiro atoms. The van der Waals surface area contributed by atoms with Crippen molar-refractivity contribution in [1.82, 2.24) is 15.2 Å². The van der Waals surface area contributed by atoms with Crippen LogP contribution in [0.25, 0.3) is 0 Å². The molecule has 0 fully saturated rings. The van der Waals surface area contributed by atoms with Gasteiger partial charge in [-0.1, -0.05) is 18.2 Å². The van der Waals surface area contributed by atoms with Crippen LogP contribution in [0.1, 0.15) is 17.3 Å². The Morgan fingerprint density at radius 1 is 1.37 bits per heavy atom. The first-order valence-electron chi connectivity index (χ1n) is 5.62. The van der Waals surface area contributed by atoms with Gasteiger partial charge in [0.05, 0.1) is 12.5 Å². The Bertz CT molecular complexity index is 713. The van der Waals surface area contributed by atoms with E-state index in [0.29, 0.717) is 18.9 Å². The normalized spacial score (nSPS) is 18.7. The molecule has 2 heterocycles. The van der Waals surface area contributed by atoms with Crippen molar-refractivity contribution in [2.75, 3.05) is 6.61 Å². The first kappa shape index (κ1) is 12.4. The first-order valence-corrected chi connectivity index (χ1v) is 7.92. The van der Waals surface area contributed by atoms with Gasteiger partial charge in [-0.3, -0.25) is 5.10 Å². The van der Waals surface area contributed by atoms with E-state index < -0.39 is 14.2 Å². The number of benzene rings is 1. The van der Waals surface area contributed by atoms with Crippen molar-refractivity contribution in [2.45, 2.75) is 17.5 Å². The topological polar surface area (TPSA) is 84.9 Å². The Morgan fingerprint density at radius 3 is 2.89 bits per heavy atom. The lowest BCUT2D eigenvalue weighted by atomic mass is 9.96. The maximum Gasteiger partial charge on any atom is 0.298 e. The first-order chi connectivity index (χ1) is 9.04. The number of aromatic nitrogens is 3. The minimum Gasteiger partial charge on any atom is -0.493 e. The number of nitrogens with zero attached hydrogens (tertiary/aromatic N) is 2. The highest BCUT2D eigenvalue weighted by molar-refractivity contribution is 8.13. The van der Waals surface area contributed by atoms with Crippen molar-refractivity contribution in [3.05, 3.63) is 35.7 Å². The number of ether oxygens (including phenoxy) is 1. The molecular formula is C11H10ClN3O3S. The van der Waals surface area contributed by atoms with Gasteiger partial charge in [0, 0.05) is 10.7 Å². The van der Waals surface area contributed by atoms with Crippen molar-refractivity contribution in [3.8, 4) is 5.75 Å². The molecule has 0 aliphatic carbocycles. The molecule has 1 atom stereocenters. The third kappa shape index (κ3) is 2.43. The molecule has 3 rings (SSSR count). The zero-order chi connectivity index (χ0) is 13.5. The summed E-state index contributed by atoms with van der Waals surface area (Å²) in [5, 5.41) is 5.82. The van der Waals surface area contributed by atoms with E-state index in [1.54, 1.807) is 0 Å². The van der Waals surface area contributed by atoms with Gasteiger partial charge in [-0.05, 0) is 18.1 Å². The molecule has 1 unspecified atom stereocenters. The zero-order valence-electron chi connectivity index (χ0n) is 9.71. The van der Waals surface area contributed by atoms with Crippen molar-refractivity contribution in [2.24, 2.45) is 0 Å². The van der Waals surface area contributed by atoms with Gasteiger partial charge in [-0.2, -0.15) is 0 Å². The Kier molecular flexibility index (Phi) is 2.94. The smallest absolute Gasteiger partial charge is 0.298 e. The molecule has 1 aromatic carbocycles. The number of halogens is 1. The third-order valence-electron chi connectivity index (χ3n) is 2.97. The maximum atomic E-state index is 11.1. The molecule has 1 N–H and O–H groups in total. The SMILES string of the molecule is O=S(=O)(Cl)c1n[nH]c(C2COc3ccccc3C2)n1. The predicted octanol–water partition coefficient (Wildman–Crippen LogP) is 1.45. The lowest BCUT2D eigenvalue weighted by molar-refractivity contribution is 0.258. The summed E-state index contributed by atoms with van der Waals surface area (Å²) in [6.45, 7) is 0.425. The van der Waals surface area contributed by atoms with Gasteiger partial charge in [0.15, 0.2) is 0 Å². The summed E-state index contributed by atoms with van der Waals surface area (Å²) in [4.78, 5) is 3.91. The monoisotopic (exact) mass is 299 g/mol. The number of H-pyrrole nitrogens is 1. The maximum absolute atomic E-state index is 11.1. The molecule has 8 heteroatoms. The molecule has 0 bridgehead atoms. The number of hydrogen-bond donors (Lipinski definition) is 1. The van der Waals surface area contributed by atoms with Gasteiger partial charge in [-0.25, -0.2) is 13.4 Å². The van der Waals surface area contributed by atoms with E-state index in [-0.39, 0.29) is 5.92 Å². The van der Waals surface area contributed by atoms with Crippen LogP contribution in [-0.2, 0) is 15.5 Å². The van der Waals surface area contributed by atoms with Gasteiger partial charge in [0.25, 0.3) is 14.2 Å². The van der Waals surface area contributed by atoms with Crippen molar-refractivity contribution >= 4 is 19.7 Å². The second kappa shape index (κ2) is 4.50. The summed E-state index contributed by atoms with van der Waals surface area (Å²) in [6, 6.07) is 7.71. The fraction of sp³-hybridized carbons (Fsp3) is 0.273. The molecule has 6 nitrogen and oxygen atoms in total. The Labute approximate surface area is 114 Å². The van der Waals surface area contributed by atoms with Crippen LogP contribution in [0.5, 0.6) is 5.75 Å². The number of rotatable bonds is 2. The van der Waals surface area contributed by atoms with Crippen molar-refractivity contribution in [3.63, 3.8) is 0 Å². The predicted molar refractivity (Wildman–Crippen MR) is 67.8 cm³/mol. The van der Waals surface area contributed by atoms with Crippen molar-refractivity contribution < 1.29 is 13.2 Å². The van der Waals surface area contributed by atoms with E-state index in [0.717, 1.165) is 11.3 Å². The van der Waals surface area contributed by atoms with Gasteiger partial charge in [-0.15, -0.1) is 5.10 Å². The van der Waals surface area contributed by atoms with E-state index in [2.05, 4.69) is 15.2 Å². The van der Waals surface area contributed by atoms with Crippen LogP contribution in [0.15, 0.2) is 29.4 Å². The molecule has 1 aromatic heterocycles. The Hall–Kier alpha value is -1.60. The molecular weight excluding hydrogens is 290 g/mol. The van der Waals surface area contributed by atoms with Crippen LogP contribution in [-0.4, -0.2) is 30.2 Å². The third-order valence-corrected chi connectivity index (χ3v) is 4.00. The van der Waals surface area contributed by atoms with E-state index >= 15 is 0 Å². The summed E-state index contributed by atoms with van der Waals surface area (Å²) in [6.07, 6.45) is 0.715. The Balaban J connectivity index is 1.87. The molecule has 2 aromatic rings. The highest BCUT2D eigenvalue weighted by atomic mass is 35.7. The number of fused-ring (bicyclic) bond motifs is 1. The van der Waals surface area contributed by atoms with E-state index in [1.165, 1.54) is 0 Å². The van der Waals surface area contributed by atoms with Crippen LogP contribution in [0.4, 0.5) is 0 Å². The molecule has 0 amide bonds.